The van der Waals surface area contributed by atoms with E-state index in [0.717, 1.165) is 38.5 Å². The van der Waals surface area contributed by atoms with Gasteiger partial charge in [-0.3, -0.25) is 5.41 Å². The van der Waals surface area contributed by atoms with Crippen LogP contribution in [0.25, 0.3) is 0 Å². The van der Waals surface area contributed by atoms with Crippen molar-refractivity contribution in [2.45, 2.75) is 97.2 Å². The van der Waals surface area contributed by atoms with Gasteiger partial charge in [0, 0.05) is 6.42 Å². The van der Waals surface area contributed by atoms with Gasteiger partial charge in [0.2, 0.25) is 0 Å². The van der Waals surface area contributed by atoms with Crippen LogP contribution >= 0.6 is 0 Å². The standard InChI is InChI=1S/C24H42N2O2/c1-14(4-7-21(25)26)17-5-6-18-22-19(9-11-24(17,18)3)23(2)10-8-16(27)12-15(23)13-20(22)28/h14-20,22,27-28H,4-13H2,1-3H3,(H3,25,26)/t14-,15+,16-,17-,18+,19?,20-,22+,23+,24-/m1/s1. The maximum absolute atomic E-state index is 11.3. The Hall–Kier alpha value is -0.610. The molecule has 0 aliphatic heterocycles. The van der Waals surface area contributed by atoms with E-state index in [1.165, 1.54) is 25.7 Å². The van der Waals surface area contributed by atoms with E-state index in [2.05, 4.69) is 20.8 Å². The van der Waals surface area contributed by atoms with Gasteiger partial charge in [0.15, 0.2) is 0 Å². The molecule has 0 spiro atoms. The van der Waals surface area contributed by atoms with Gasteiger partial charge >= 0.3 is 0 Å². The van der Waals surface area contributed by atoms with Crippen LogP contribution in [0.3, 0.4) is 0 Å². The van der Waals surface area contributed by atoms with Crippen molar-refractivity contribution in [2.24, 2.45) is 52.1 Å². The minimum absolute atomic E-state index is 0.159. The molecule has 0 saturated heterocycles. The monoisotopic (exact) mass is 390 g/mol. The second-order valence-electron chi connectivity index (χ2n) is 11.5. The van der Waals surface area contributed by atoms with Gasteiger partial charge in [-0.05, 0) is 104 Å². The number of nitrogens with one attached hydrogen (secondary N) is 1. The van der Waals surface area contributed by atoms with Gasteiger partial charge in [-0.25, -0.2) is 0 Å². The highest BCUT2D eigenvalue weighted by molar-refractivity contribution is 5.76. The molecule has 0 amide bonds. The number of aliphatic hydroxyl groups is 2. The zero-order chi connectivity index (χ0) is 20.3. The van der Waals surface area contributed by atoms with E-state index in [4.69, 9.17) is 11.1 Å². The molecular formula is C24H42N2O2. The van der Waals surface area contributed by atoms with Crippen molar-refractivity contribution in [3.63, 3.8) is 0 Å². The van der Waals surface area contributed by atoms with Crippen molar-refractivity contribution >= 4 is 5.84 Å². The summed E-state index contributed by atoms with van der Waals surface area (Å²) < 4.78 is 0. The summed E-state index contributed by atoms with van der Waals surface area (Å²) in [6.07, 6.45) is 10.3. The Labute approximate surface area is 171 Å². The lowest BCUT2D eigenvalue weighted by atomic mass is 9.43. The molecule has 28 heavy (non-hydrogen) atoms. The van der Waals surface area contributed by atoms with Crippen LogP contribution in [0, 0.1) is 51.7 Å². The van der Waals surface area contributed by atoms with E-state index in [1.807, 2.05) is 0 Å². The minimum Gasteiger partial charge on any atom is -0.393 e. The van der Waals surface area contributed by atoms with Gasteiger partial charge in [-0.1, -0.05) is 20.8 Å². The fourth-order valence-corrected chi connectivity index (χ4v) is 8.76. The predicted octanol–water partition coefficient (Wildman–Crippen LogP) is 4.33. The molecule has 0 heterocycles. The number of amidine groups is 1. The lowest BCUT2D eigenvalue weighted by Crippen LogP contribution is -2.58. The normalized spacial score (nSPS) is 51.7. The fourth-order valence-electron chi connectivity index (χ4n) is 8.76. The molecule has 4 nitrogen and oxygen atoms in total. The van der Waals surface area contributed by atoms with E-state index in [0.29, 0.717) is 52.2 Å². The average molecular weight is 391 g/mol. The third kappa shape index (κ3) is 3.14. The van der Waals surface area contributed by atoms with E-state index >= 15 is 0 Å². The first kappa shape index (κ1) is 20.7. The van der Waals surface area contributed by atoms with Crippen LogP contribution < -0.4 is 5.73 Å². The van der Waals surface area contributed by atoms with Crippen molar-refractivity contribution < 1.29 is 10.2 Å². The minimum atomic E-state index is -0.190. The lowest BCUT2D eigenvalue weighted by molar-refractivity contribution is -0.174. The number of hydrogen-bond donors (Lipinski definition) is 4. The summed E-state index contributed by atoms with van der Waals surface area (Å²) in [5.74, 6) is 3.81. The Balaban J connectivity index is 1.55. The molecule has 4 aliphatic carbocycles. The number of hydrogen-bond acceptors (Lipinski definition) is 3. The third-order valence-corrected chi connectivity index (χ3v) is 10.3. The molecule has 5 N–H and O–H groups in total. The fraction of sp³-hybridized carbons (Fsp3) is 0.958. The van der Waals surface area contributed by atoms with Crippen LogP contribution in [0.5, 0.6) is 0 Å². The van der Waals surface area contributed by atoms with Gasteiger partial charge in [-0.2, -0.15) is 0 Å². The SMILES string of the molecule is C[C@H](CCC(=N)N)[C@H]1CC[C@H]2[C@H]3C(CC[C@]12C)[C@@]1(C)CC[C@@H](O)C[C@H]1C[C@H]3O. The first-order chi connectivity index (χ1) is 13.2. The van der Waals surface area contributed by atoms with Crippen LogP contribution in [-0.4, -0.2) is 28.3 Å². The van der Waals surface area contributed by atoms with Crippen molar-refractivity contribution in [2.75, 3.05) is 0 Å². The molecule has 0 aromatic rings. The molecule has 4 fully saturated rings. The first-order valence-electron chi connectivity index (χ1n) is 11.9. The van der Waals surface area contributed by atoms with E-state index in [9.17, 15) is 10.2 Å². The molecule has 4 heteroatoms. The third-order valence-electron chi connectivity index (χ3n) is 10.3. The van der Waals surface area contributed by atoms with Gasteiger partial charge < -0.3 is 15.9 Å². The summed E-state index contributed by atoms with van der Waals surface area (Å²) >= 11 is 0. The number of rotatable bonds is 4. The largest absolute Gasteiger partial charge is 0.393 e. The van der Waals surface area contributed by atoms with Gasteiger partial charge in [0.1, 0.15) is 0 Å². The molecular weight excluding hydrogens is 348 g/mol. The molecule has 160 valence electrons. The lowest BCUT2D eigenvalue weighted by Gasteiger charge is -2.62. The van der Waals surface area contributed by atoms with E-state index in [1.54, 1.807) is 0 Å². The maximum atomic E-state index is 11.3. The Kier molecular flexibility index (Phi) is 5.36. The van der Waals surface area contributed by atoms with Crippen LogP contribution in [0.15, 0.2) is 0 Å². The first-order valence-corrected chi connectivity index (χ1v) is 11.9. The number of nitrogens with two attached hydrogens (primary N) is 1. The zero-order valence-electron chi connectivity index (χ0n) is 18.2. The highest BCUT2D eigenvalue weighted by Crippen LogP contribution is 2.68. The van der Waals surface area contributed by atoms with Crippen LogP contribution in [0.1, 0.15) is 85.0 Å². The number of aliphatic hydroxyl groups excluding tert-OH is 2. The van der Waals surface area contributed by atoms with Crippen molar-refractivity contribution in [1.82, 2.24) is 0 Å². The molecule has 0 aromatic carbocycles. The smallest absolute Gasteiger partial charge is 0.0905 e. The average Bonchev–Trinajstić information content (AvgIpc) is 2.98. The summed E-state index contributed by atoms with van der Waals surface area (Å²) in [5.41, 5.74) is 6.27. The summed E-state index contributed by atoms with van der Waals surface area (Å²) in [6.45, 7) is 7.36. The molecule has 0 aromatic heterocycles. The van der Waals surface area contributed by atoms with Crippen molar-refractivity contribution in [1.29, 1.82) is 5.41 Å². The maximum Gasteiger partial charge on any atom is 0.0905 e. The Morgan fingerprint density at radius 1 is 1.04 bits per heavy atom. The number of fused-ring (bicyclic) bond motifs is 5. The molecule has 4 rings (SSSR count). The molecule has 0 radical (unpaired) electrons. The molecule has 4 aliphatic rings. The Morgan fingerprint density at radius 3 is 2.43 bits per heavy atom. The molecule has 10 atom stereocenters. The van der Waals surface area contributed by atoms with Gasteiger partial charge in [0.25, 0.3) is 0 Å². The summed E-state index contributed by atoms with van der Waals surface area (Å²) in [7, 11) is 0. The van der Waals surface area contributed by atoms with E-state index < -0.39 is 0 Å². The summed E-state index contributed by atoms with van der Waals surface area (Å²) in [4.78, 5) is 0. The Morgan fingerprint density at radius 2 is 1.71 bits per heavy atom. The summed E-state index contributed by atoms with van der Waals surface area (Å²) in [5, 5.41) is 29.1. The van der Waals surface area contributed by atoms with Crippen LogP contribution in [0.2, 0.25) is 0 Å². The highest BCUT2D eigenvalue weighted by atomic mass is 16.3. The van der Waals surface area contributed by atoms with E-state index in [-0.39, 0.29) is 12.2 Å². The van der Waals surface area contributed by atoms with Crippen LogP contribution in [0.4, 0.5) is 0 Å². The van der Waals surface area contributed by atoms with Crippen molar-refractivity contribution in [3.05, 3.63) is 0 Å². The van der Waals surface area contributed by atoms with Crippen molar-refractivity contribution in [3.8, 4) is 0 Å². The summed E-state index contributed by atoms with van der Waals surface area (Å²) in [6, 6.07) is 0. The van der Waals surface area contributed by atoms with Gasteiger partial charge in [0.05, 0.1) is 18.0 Å². The van der Waals surface area contributed by atoms with Gasteiger partial charge in [-0.15, -0.1) is 0 Å². The van der Waals surface area contributed by atoms with Crippen LogP contribution in [-0.2, 0) is 0 Å². The molecule has 4 saturated carbocycles. The second-order valence-corrected chi connectivity index (χ2v) is 11.5. The topological polar surface area (TPSA) is 90.3 Å². The molecule has 1 unspecified atom stereocenters. The highest BCUT2D eigenvalue weighted by Gasteiger charge is 2.62. The predicted molar refractivity (Wildman–Crippen MR) is 113 cm³/mol. The second kappa shape index (κ2) is 7.27. The zero-order valence-corrected chi connectivity index (χ0v) is 18.2. The molecule has 0 bridgehead atoms. The Bertz CT molecular complexity index is 609. The quantitative estimate of drug-likeness (QED) is 0.425.